The number of rotatable bonds is 2. The Bertz CT molecular complexity index is 83.0. The zero-order chi connectivity index (χ0) is 6.57. The molecular weight excluding hydrogens is 204 g/mol. The van der Waals surface area contributed by atoms with Crippen LogP contribution >= 0.6 is 24.8 Å². The molecule has 0 saturated heterocycles. The second-order valence-corrected chi connectivity index (χ2v) is 2.57. The molecule has 0 aliphatic rings. The van der Waals surface area contributed by atoms with Crippen molar-refractivity contribution in [2.45, 2.75) is 13.8 Å². The number of thiol groups is 1. The van der Waals surface area contributed by atoms with Gasteiger partial charge in [-0.3, -0.25) is 0 Å². The molecule has 0 aromatic carbocycles. The van der Waals surface area contributed by atoms with Crippen LogP contribution in [0, 0.1) is 0 Å². The monoisotopic (exact) mass is 213 g/mol. The van der Waals surface area contributed by atoms with Crippen LogP contribution in [0.25, 0.3) is 0 Å². The van der Waals surface area contributed by atoms with Crippen LogP contribution in [0.3, 0.4) is 0 Å². The fourth-order valence-electron chi connectivity index (χ4n) is 0.494. The molecule has 0 saturated carbocycles. The Labute approximate surface area is 80.4 Å². The van der Waals surface area contributed by atoms with Gasteiger partial charge < -0.3 is 4.90 Å². The van der Waals surface area contributed by atoms with E-state index in [1.165, 1.54) is 0 Å². The van der Waals surface area contributed by atoms with Crippen molar-refractivity contribution in [2.75, 3.05) is 13.1 Å². The molecule has 0 atom stereocenters. The predicted molar refractivity (Wildman–Crippen MR) is 44.5 cm³/mol. The van der Waals surface area contributed by atoms with Crippen LogP contribution in [0.1, 0.15) is 13.8 Å². The first-order valence-electron chi connectivity index (χ1n) is 2.70. The average Bonchev–Trinajstić information content (AvgIpc) is 1.69. The van der Waals surface area contributed by atoms with Gasteiger partial charge in [-0.1, -0.05) is 12.2 Å². The molecule has 0 aliphatic carbocycles. The Morgan fingerprint density at radius 2 is 1.78 bits per heavy atom. The van der Waals surface area contributed by atoms with E-state index in [9.17, 15) is 0 Å². The van der Waals surface area contributed by atoms with Crippen LogP contribution < -0.4 is 0 Å². The summed E-state index contributed by atoms with van der Waals surface area (Å²) in [5, 5.41) is 0. The van der Waals surface area contributed by atoms with Gasteiger partial charge in [0.25, 0.3) is 0 Å². The van der Waals surface area contributed by atoms with Gasteiger partial charge in [-0.05, 0) is 13.8 Å². The molecule has 0 bridgehead atoms. The minimum atomic E-state index is 0. The van der Waals surface area contributed by atoms with Crippen molar-refractivity contribution in [3.05, 3.63) is 0 Å². The van der Waals surface area contributed by atoms with Gasteiger partial charge in [0, 0.05) is 13.1 Å². The van der Waals surface area contributed by atoms with Gasteiger partial charge >= 0.3 is 19.5 Å². The molecule has 0 fully saturated rings. The summed E-state index contributed by atoms with van der Waals surface area (Å²) in [6.45, 7) is 6.04. The first-order valence-corrected chi connectivity index (χ1v) is 3.55. The summed E-state index contributed by atoms with van der Waals surface area (Å²) in [5.74, 6) is 0. The maximum absolute atomic E-state index is 4.81. The van der Waals surface area contributed by atoms with Crippen molar-refractivity contribution >= 4 is 29.2 Å². The van der Waals surface area contributed by atoms with E-state index in [1.807, 2.05) is 4.90 Å². The van der Waals surface area contributed by atoms with Gasteiger partial charge in [0.2, 0.25) is 0 Å². The third-order valence-corrected chi connectivity index (χ3v) is 1.58. The van der Waals surface area contributed by atoms with Crippen molar-refractivity contribution in [3.63, 3.8) is 0 Å². The smallest absolute Gasteiger partial charge is 0.358 e. The van der Waals surface area contributed by atoms with Crippen LogP contribution in [-0.4, -0.2) is 22.3 Å². The molecule has 0 N–H and O–H groups in total. The second-order valence-electron chi connectivity index (χ2n) is 1.45. The Balaban J connectivity index is 0. The Kier molecular flexibility index (Phi) is 9.71. The molecule has 9 heavy (non-hydrogen) atoms. The quantitative estimate of drug-likeness (QED) is 0.422. The fourth-order valence-corrected chi connectivity index (χ4v) is 1.04. The van der Waals surface area contributed by atoms with E-state index in [4.69, 9.17) is 12.2 Å². The topological polar surface area (TPSA) is 3.24 Å². The fraction of sp³-hybridized carbons (Fsp3) is 0.800. The Morgan fingerprint density at radius 1 is 1.44 bits per heavy atom. The Morgan fingerprint density at radius 3 is 1.78 bits per heavy atom. The predicted octanol–water partition coefficient (Wildman–Crippen LogP) is 1.54. The molecule has 0 radical (unpaired) electrons. The summed E-state index contributed by atoms with van der Waals surface area (Å²) in [6.07, 6.45) is 0. The zero-order valence-corrected chi connectivity index (χ0v) is 10.6. The van der Waals surface area contributed by atoms with Gasteiger partial charge in [0.05, 0.1) is 0 Å². The number of hydrogen-bond donors (Lipinski definition) is 1. The summed E-state index contributed by atoms with van der Waals surface area (Å²) < 4.78 is 0.690. The maximum atomic E-state index is 4.81. The van der Waals surface area contributed by atoms with Crippen LogP contribution in [0.4, 0.5) is 0 Å². The van der Waals surface area contributed by atoms with E-state index in [1.54, 1.807) is 0 Å². The minimum Gasteiger partial charge on any atom is -0.358 e. The molecule has 0 spiro atoms. The standard InChI is InChI=1S/C5H11NS2.Zn/c1-3-6(4-2)5(7)8;/h3-4H2,1-2H3,(H,7,8);/q;+2. The van der Waals surface area contributed by atoms with Gasteiger partial charge in [0.1, 0.15) is 4.32 Å². The number of thiocarbonyl (C=S) groups is 1. The molecule has 0 aromatic rings. The van der Waals surface area contributed by atoms with Gasteiger partial charge in [-0.25, -0.2) is 0 Å². The van der Waals surface area contributed by atoms with E-state index in [2.05, 4.69) is 26.5 Å². The number of hydrogen-bond acceptors (Lipinski definition) is 1. The SMILES string of the molecule is CCN(CC)C(=S)S.[Zn+2]. The van der Waals surface area contributed by atoms with E-state index >= 15 is 0 Å². The summed E-state index contributed by atoms with van der Waals surface area (Å²) in [6, 6.07) is 0. The Hall–Kier alpha value is 0.863. The van der Waals surface area contributed by atoms with Crippen molar-refractivity contribution in [1.82, 2.24) is 4.90 Å². The number of nitrogens with zero attached hydrogens (tertiary/aromatic N) is 1. The molecule has 1 nitrogen and oxygen atoms in total. The molecule has 0 heterocycles. The van der Waals surface area contributed by atoms with Gasteiger partial charge in [-0.2, -0.15) is 0 Å². The molecule has 0 rings (SSSR count). The molecule has 4 heteroatoms. The van der Waals surface area contributed by atoms with Crippen molar-refractivity contribution in [2.24, 2.45) is 0 Å². The van der Waals surface area contributed by atoms with E-state index in [-0.39, 0.29) is 19.5 Å². The molecule has 0 aliphatic heterocycles. The van der Waals surface area contributed by atoms with Crippen LogP contribution in [0.2, 0.25) is 0 Å². The normalized spacial score (nSPS) is 7.89. The van der Waals surface area contributed by atoms with Gasteiger partial charge in [0.15, 0.2) is 0 Å². The van der Waals surface area contributed by atoms with Crippen molar-refractivity contribution in [1.29, 1.82) is 0 Å². The molecule has 0 amide bonds. The van der Waals surface area contributed by atoms with Crippen LogP contribution in [0.15, 0.2) is 0 Å². The van der Waals surface area contributed by atoms with Crippen molar-refractivity contribution < 1.29 is 19.5 Å². The van der Waals surface area contributed by atoms with E-state index in [0.717, 1.165) is 13.1 Å². The summed E-state index contributed by atoms with van der Waals surface area (Å²) >= 11 is 8.82. The third kappa shape index (κ3) is 5.31. The van der Waals surface area contributed by atoms with Crippen LogP contribution in [-0.2, 0) is 19.5 Å². The van der Waals surface area contributed by atoms with Gasteiger partial charge in [-0.15, -0.1) is 12.6 Å². The largest absolute Gasteiger partial charge is 2.00 e. The van der Waals surface area contributed by atoms with Crippen LogP contribution in [0.5, 0.6) is 0 Å². The average molecular weight is 215 g/mol. The molecule has 0 aromatic heterocycles. The van der Waals surface area contributed by atoms with E-state index < -0.39 is 0 Å². The molecule has 0 unspecified atom stereocenters. The summed E-state index contributed by atoms with van der Waals surface area (Å²) in [4.78, 5) is 2.01. The second kappa shape index (κ2) is 6.98. The zero-order valence-electron chi connectivity index (χ0n) is 5.92. The third-order valence-electron chi connectivity index (χ3n) is 1.03. The first-order chi connectivity index (χ1) is 3.72. The molecular formula is C5H11NS2Zn+2. The maximum Gasteiger partial charge on any atom is 2.00 e. The molecule has 48 valence electrons. The first kappa shape index (κ1) is 12.5. The van der Waals surface area contributed by atoms with Crippen molar-refractivity contribution in [3.8, 4) is 0 Å². The summed E-state index contributed by atoms with van der Waals surface area (Å²) in [5.41, 5.74) is 0. The summed E-state index contributed by atoms with van der Waals surface area (Å²) in [7, 11) is 0. The minimum absolute atomic E-state index is 0. The van der Waals surface area contributed by atoms with E-state index in [0.29, 0.717) is 4.32 Å².